The van der Waals surface area contributed by atoms with E-state index in [1.807, 2.05) is 19.1 Å². The largest absolute Gasteiger partial charge is 0.328 e. The second-order valence-electron chi connectivity index (χ2n) is 5.05. The molecule has 0 saturated heterocycles. The van der Waals surface area contributed by atoms with Gasteiger partial charge in [0.1, 0.15) is 10.8 Å². The number of benzene rings is 2. The van der Waals surface area contributed by atoms with Crippen molar-refractivity contribution < 1.29 is 9.18 Å². The third kappa shape index (κ3) is 3.94. The average molecular weight is 377 g/mol. The van der Waals surface area contributed by atoms with Crippen molar-refractivity contribution in [2.75, 3.05) is 16.8 Å². The maximum atomic E-state index is 13.7. The van der Waals surface area contributed by atoms with Gasteiger partial charge in [0.15, 0.2) is 0 Å². The van der Waals surface area contributed by atoms with Crippen LogP contribution in [-0.4, -0.2) is 22.8 Å². The first-order valence-corrected chi connectivity index (χ1v) is 8.70. The highest BCUT2D eigenvalue weighted by molar-refractivity contribution is 7.18. The molecule has 8 heteroatoms. The van der Waals surface area contributed by atoms with Crippen LogP contribution in [0, 0.1) is 5.82 Å². The predicted molar refractivity (Wildman–Crippen MR) is 98.8 cm³/mol. The molecule has 0 unspecified atom stereocenters. The molecule has 0 radical (unpaired) electrons. The molecule has 25 heavy (non-hydrogen) atoms. The van der Waals surface area contributed by atoms with Crippen molar-refractivity contribution in [1.82, 2.24) is 10.2 Å². The zero-order chi connectivity index (χ0) is 17.8. The summed E-state index contributed by atoms with van der Waals surface area (Å²) in [6.07, 6.45) is 0. The highest BCUT2D eigenvalue weighted by Gasteiger charge is 2.20. The van der Waals surface area contributed by atoms with E-state index in [9.17, 15) is 9.18 Å². The molecule has 1 aromatic heterocycles. The zero-order valence-corrected chi connectivity index (χ0v) is 14.8. The fraction of sp³-hybridized carbons (Fsp3) is 0.118. The fourth-order valence-corrected chi connectivity index (χ4v) is 3.18. The lowest BCUT2D eigenvalue weighted by Crippen LogP contribution is -2.35. The van der Waals surface area contributed by atoms with E-state index in [0.717, 1.165) is 5.56 Å². The van der Waals surface area contributed by atoms with Gasteiger partial charge in [-0.1, -0.05) is 47.2 Å². The van der Waals surface area contributed by atoms with Gasteiger partial charge in [-0.2, -0.15) is 0 Å². The van der Waals surface area contributed by atoms with E-state index < -0.39 is 11.8 Å². The van der Waals surface area contributed by atoms with Crippen molar-refractivity contribution in [3.63, 3.8) is 0 Å². The van der Waals surface area contributed by atoms with E-state index >= 15 is 0 Å². The molecule has 0 bridgehead atoms. The molecule has 3 rings (SSSR count). The first-order valence-electron chi connectivity index (χ1n) is 7.51. The van der Waals surface area contributed by atoms with Crippen LogP contribution in [0.3, 0.4) is 0 Å². The number of aromatic nitrogens is 2. The van der Waals surface area contributed by atoms with Crippen LogP contribution in [0.25, 0.3) is 10.6 Å². The number of carbonyl (C=O) groups is 1. The summed E-state index contributed by atoms with van der Waals surface area (Å²) in [6, 6.07) is 12.7. The van der Waals surface area contributed by atoms with Crippen molar-refractivity contribution in [2.24, 2.45) is 0 Å². The topological polar surface area (TPSA) is 58.1 Å². The molecule has 1 heterocycles. The molecule has 0 aliphatic carbocycles. The molecule has 2 aromatic carbocycles. The van der Waals surface area contributed by atoms with Gasteiger partial charge in [0.05, 0.1) is 5.69 Å². The fourth-order valence-electron chi connectivity index (χ4n) is 2.14. The molecule has 5 nitrogen and oxygen atoms in total. The Morgan fingerprint density at radius 1 is 1.20 bits per heavy atom. The molecule has 0 atom stereocenters. The number of halogens is 2. The summed E-state index contributed by atoms with van der Waals surface area (Å²) >= 11 is 7.16. The highest BCUT2D eigenvalue weighted by atomic mass is 35.5. The first-order chi connectivity index (χ1) is 12.1. The van der Waals surface area contributed by atoms with Gasteiger partial charge in [0.2, 0.25) is 5.13 Å². The van der Waals surface area contributed by atoms with Crippen molar-refractivity contribution in [2.45, 2.75) is 6.92 Å². The second-order valence-corrected chi connectivity index (χ2v) is 6.44. The van der Waals surface area contributed by atoms with E-state index in [1.54, 1.807) is 24.3 Å². The summed E-state index contributed by atoms with van der Waals surface area (Å²) in [5.41, 5.74) is 0.979. The van der Waals surface area contributed by atoms with Gasteiger partial charge in [-0.3, -0.25) is 4.90 Å². The minimum atomic E-state index is -0.494. The van der Waals surface area contributed by atoms with Crippen molar-refractivity contribution in [1.29, 1.82) is 0 Å². The summed E-state index contributed by atoms with van der Waals surface area (Å²) in [6.45, 7) is 2.18. The van der Waals surface area contributed by atoms with Crippen LogP contribution in [0.1, 0.15) is 6.92 Å². The Labute approximate surface area is 153 Å². The van der Waals surface area contributed by atoms with Gasteiger partial charge in [-0.25, -0.2) is 9.18 Å². The van der Waals surface area contributed by atoms with Gasteiger partial charge in [0, 0.05) is 17.1 Å². The lowest BCUT2D eigenvalue weighted by atomic mass is 10.2. The van der Waals surface area contributed by atoms with Crippen LogP contribution in [0.2, 0.25) is 5.02 Å². The third-order valence-electron chi connectivity index (χ3n) is 3.41. The van der Waals surface area contributed by atoms with Gasteiger partial charge < -0.3 is 5.32 Å². The van der Waals surface area contributed by atoms with Crippen LogP contribution >= 0.6 is 22.9 Å². The Balaban J connectivity index is 1.80. The monoisotopic (exact) mass is 376 g/mol. The van der Waals surface area contributed by atoms with Gasteiger partial charge in [0.25, 0.3) is 0 Å². The van der Waals surface area contributed by atoms with Crippen LogP contribution in [0.4, 0.5) is 20.0 Å². The molecule has 128 valence electrons. The number of carbonyl (C=O) groups excluding carboxylic acids is 1. The molecule has 0 saturated carbocycles. The molecular formula is C17H14ClFN4OS. The summed E-state index contributed by atoms with van der Waals surface area (Å²) in [5.74, 6) is -0.494. The molecule has 0 fully saturated rings. The highest BCUT2D eigenvalue weighted by Crippen LogP contribution is 2.29. The number of nitrogens with zero attached hydrogens (tertiary/aromatic N) is 3. The maximum absolute atomic E-state index is 13.7. The number of rotatable bonds is 4. The van der Waals surface area contributed by atoms with Crippen LogP contribution in [0.15, 0.2) is 48.5 Å². The molecule has 2 amide bonds. The molecule has 0 aliphatic heterocycles. The Morgan fingerprint density at radius 3 is 2.60 bits per heavy atom. The Bertz CT molecular complexity index is 884. The minimum Gasteiger partial charge on any atom is -0.305 e. The van der Waals surface area contributed by atoms with E-state index in [1.165, 1.54) is 28.4 Å². The summed E-state index contributed by atoms with van der Waals surface area (Å²) in [7, 11) is 0. The zero-order valence-electron chi connectivity index (χ0n) is 13.2. The lowest BCUT2D eigenvalue weighted by Gasteiger charge is -2.18. The molecule has 0 spiro atoms. The van der Waals surface area contributed by atoms with Gasteiger partial charge in [-0.15, -0.1) is 10.2 Å². The normalized spacial score (nSPS) is 10.5. The average Bonchev–Trinajstić information content (AvgIpc) is 3.08. The predicted octanol–water partition coefficient (Wildman–Crippen LogP) is 5.06. The summed E-state index contributed by atoms with van der Waals surface area (Å²) in [5, 5.41) is 12.5. The summed E-state index contributed by atoms with van der Waals surface area (Å²) < 4.78 is 13.7. The molecular weight excluding hydrogens is 363 g/mol. The smallest absolute Gasteiger partial charge is 0.305 e. The second kappa shape index (κ2) is 7.58. The third-order valence-corrected chi connectivity index (χ3v) is 4.66. The number of amides is 2. The SMILES string of the molecule is CCN(C(=O)Nc1ccccc1F)c1nnc(-c2ccc(Cl)cc2)s1. The van der Waals surface area contributed by atoms with E-state index in [0.29, 0.717) is 21.7 Å². The number of hydrogen-bond donors (Lipinski definition) is 1. The molecule has 3 aromatic rings. The summed E-state index contributed by atoms with van der Waals surface area (Å²) in [4.78, 5) is 13.9. The number of urea groups is 1. The van der Waals surface area contributed by atoms with Crippen molar-refractivity contribution in [3.8, 4) is 10.6 Å². The molecule has 1 N–H and O–H groups in total. The number of hydrogen-bond acceptors (Lipinski definition) is 4. The van der Waals surface area contributed by atoms with E-state index in [2.05, 4.69) is 15.5 Å². The number of anilines is 2. The van der Waals surface area contributed by atoms with Crippen LogP contribution in [-0.2, 0) is 0 Å². The Kier molecular flexibility index (Phi) is 5.25. The number of nitrogens with one attached hydrogen (secondary N) is 1. The van der Waals surface area contributed by atoms with E-state index in [4.69, 9.17) is 11.6 Å². The standard InChI is InChI=1S/C17H14ClFN4OS/c1-2-23(16(24)20-14-6-4-3-5-13(14)19)17-22-21-15(25-17)11-7-9-12(18)10-8-11/h3-10H,2H2,1H3,(H,20,24). The lowest BCUT2D eigenvalue weighted by molar-refractivity contribution is 0.257. The minimum absolute atomic E-state index is 0.119. The van der Waals surface area contributed by atoms with Crippen molar-refractivity contribution >= 4 is 39.8 Å². The Hall–Kier alpha value is -2.51. The quantitative estimate of drug-likeness (QED) is 0.692. The number of para-hydroxylation sites is 1. The van der Waals surface area contributed by atoms with Crippen LogP contribution in [0.5, 0.6) is 0 Å². The Morgan fingerprint density at radius 2 is 1.92 bits per heavy atom. The van der Waals surface area contributed by atoms with Gasteiger partial charge in [-0.05, 0) is 31.2 Å². The molecule has 0 aliphatic rings. The van der Waals surface area contributed by atoms with E-state index in [-0.39, 0.29) is 5.69 Å². The first kappa shape index (κ1) is 17.3. The van der Waals surface area contributed by atoms with Gasteiger partial charge >= 0.3 is 6.03 Å². The van der Waals surface area contributed by atoms with Crippen molar-refractivity contribution in [3.05, 3.63) is 59.4 Å². The maximum Gasteiger partial charge on any atom is 0.328 e. The van der Waals surface area contributed by atoms with Crippen LogP contribution < -0.4 is 10.2 Å².